The quantitative estimate of drug-likeness (QED) is 0.713. The van der Waals surface area contributed by atoms with E-state index in [4.69, 9.17) is 4.74 Å². The van der Waals surface area contributed by atoms with Crippen molar-refractivity contribution in [3.05, 3.63) is 0 Å². The van der Waals surface area contributed by atoms with E-state index >= 15 is 0 Å². The first-order valence-electron chi connectivity index (χ1n) is 7.18. The number of hydrogen-bond donors (Lipinski definition) is 1. The lowest BCUT2D eigenvalue weighted by Crippen LogP contribution is -2.30. The number of nitrogens with one attached hydrogen (secondary N) is 1. The largest absolute Gasteiger partial charge is 0.377 e. The van der Waals surface area contributed by atoms with E-state index in [1.807, 2.05) is 0 Å². The second-order valence-electron chi connectivity index (χ2n) is 5.60. The number of hydrogen-bond acceptors (Lipinski definition) is 4. The van der Waals surface area contributed by atoms with Gasteiger partial charge in [0.15, 0.2) is 9.84 Å². The highest BCUT2D eigenvalue weighted by Gasteiger charge is 2.23. The van der Waals surface area contributed by atoms with Gasteiger partial charge in [0, 0.05) is 13.2 Å². The molecule has 0 aromatic heterocycles. The first-order valence-corrected chi connectivity index (χ1v) is 9.00. The van der Waals surface area contributed by atoms with Crippen molar-refractivity contribution in [2.24, 2.45) is 5.92 Å². The third-order valence-electron chi connectivity index (χ3n) is 3.96. The molecule has 0 spiro atoms. The van der Waals surface area contributed by atoms with Crippen molar-refractivity contribution in [3.63, 3.8) is 0 Å². The zero-order chi connectivity index (χ0) is 12.8. The summed E-state index contributed by atoms with van der Waals surface area (Å²) in [5.74, 6) is 1.23. The van der Waals surface area contributed by atoms with Crippen LogP contribution < -0.4 is 5.32 Å². The molecule has 0 amide bonds. The molecule has 1 saturated carbocycles. The van der Waals surface area contributed by atoms with Crippen LogP contribution in [0.2, 0.25) is 0 Å². The van der Waals surface area contributed by atoms with Crippen molar-refractivity contribution >= 4 is 9.84 Å². The van der Waals surface area contributed by atoms with Crippen LogP contribution in [0.5, 0.6) is 0 Å². The van der Waals surface area contributed by atoms with Gasteiger partial charge >= 0.3 is 0 Å². The summed E-state index contributed by atoms with van der Waals surface area (Å²) in [6.45, 7) is 2.29. The van der Waals surface area contributed by atoms with E-state index in [0.717, 1.165) is 31.9 Å². The maximum atomic E-state index is 11.9. The predicted octanol–water partition coefficient (Wildman–Crippen LogP) is 1.36. The molecule has 1 atom stereocenters. The summed E-state index contributed by atoms with van der Waals surface area (Å²) in [6, 6.07) is 0. The number of ether oxygens (including phenoxy) is 1. The van der Waals surface area contributed by atoms with Gasteiger partial charge in [-0.05, 0) is 38.1 Å². The van der Waals surface area contributed by atoms with E-state index in [2.05, 4.69) is 5.32 Å². The predicted molar refractivity (Wildman–Crippen MR) is 72.5 cm³/mol. The first kappa shape index (κ1) is 14.3. The van der Waals surface area contributed by atoms with Crippen LogP contribution in [-0.4, -0.2) is 45.7 Å². The Morgan fingerprint density at radius 2 is 1.89 bits per heavy atom. The Morgan fingerprint density at radius 3 is 2.56 bits per heavy atom. The lowest BCUT2D eigenvalue weighted by atomic mass is 10.1. The summed E-state index contributed by atoms with van der Waals surface area (Å²) in [6.07, 6.45) is 7.12. The second kappa shape index (κ2) is 6.87. The molecule has 1 aliphatic heterocycles. The third kappa shape index (κ3) is 4.86. The Kier molecular flexibility index (Phi) is 5.45. The molecular weight excluding hydrogens is 250 g/mol. The summed E-state index contributed by atoms with van der Waals surface area (Å²) < 4.78 is 29.1. The Balaban J connectivity index is 1.59. The number of rotatable bonds is 7. The molecule has 0 aromatic carbocycles. The van der Waals surface area contributed by atoms with Crippen molar-refractivity contribution in [2.45, 2.75) is 44.6 Å². The van der Waals surface area contributed by atoms with E-state index in [9.17, 15) is 8.42 Å². The van der Waals surface area contributed by atoms with E-state index in [0.29, 0.717) is 6.54 Å². The van der Waals surface area contributed by atoms with Crippen LogP contribution in [0.1, 0.15) is 38.5 Å². The summed E-state index contributed by atoms with van der Waals surface area (Å²) in [5.41, 5.74) is 0. The summed E-state index contributed by atoms with van der Waals surface area (Å²) in [5, 5.41) is 3.29. The van der Waals surface area contributed by atoms with Crippen molar-refractivity contribution in [1.29, 1.82) is 0 Å². The lowest BCUT2D eigenvalue weighted by Gasteiger charge is -2.12. The molecule has 0 bridgehead atoms. The molecule has 1 N–H and O–H groups in total. The summed E-state index contributed by atoms with van der Waals surface area (Å²) in [4.78, 5) is 0. The molecular formula is C13H25NO3S. The highest BCUT2D eigenvalue weighted by atomic mass is 32.2. The molecule has 2 aliphatic rings. The van der Waals surface area contributed by atoms with Gasteiger partial charge in [0.05, 0.1) is 17.6 Å². The molecule has 1 unspecified atom stereocenters. The maximum absolute atomic E-state index is 11.9. The molecule has 5 heteroatoms. The maximum Gasteiger partial charge on any atom is 0.154 e. The van der Waals surface area contributed by atoms with Gasteiger partial charge in [0.2, 0.25) is 0 Å². The van der Waals surface area contributed by atoms with Crippen molar-refractivity contribution in [2.75, 3.05) is 31.2 Å². The SMILES string of the molecule is O=S(=O)(CCNCC1CCCC1)CC1CCCO1. The van der Waals surface area contributed by atoms with Crippen LogP contribution in [0.25, 0.3) is 0 Å². The molecule has 4 nitrogen and oxygen atoms in total. The number of sulfone groups is 1. The minimum atomic E-state index is -2.95. The average Bonchev–Trinajstić information content (AvgIpc) is 2.96. The Labute approximate surface area is 110 Å². The Bertz CT molecular complexity index is 330. The highest BCUT2D eigenvalue weighted by molar-refractivity contribution is 7.91. The highest BCUT2D eigenvalue weighted by Crippen LogP contribution is 2.23. The zero-order valence-electron chi connectivity index (χ0n) is 11.1. The van der Waals surface area contributed by atoms with Crippen LogP contribution in [0.15, 0.2) is 0 Å². The van der Waals surface area contributed by atoms with E-state index in [1.54, 1.807) is 0 Å². The van der Waals surface area contributed by atoms with Gasteiger partial charge in [0.25, 0.3) is 0 Å². The van der Waals surface area contributed by atoms with E-state index in [1.165, 1.54) is 25.7 Å². The topological polar surface area (TPSA) is 55.4 Å². The second-order valence-corrected chi connectivity index (χ2v) is 7.83. The van der Waals surface area contributed by atoms with Gasteiger partial charge in [0.1, 0.15) is 0 Å². The standard InChI is InChI=1S/C13H25NO3S/c15-18(16,11-13-6-3-8-17-13)9-7-14-10-12-4-1-2-5-12/h12-14H,1-11H2. The minimum Gasteiger partial charge on any atom is -0.377 e. The van der Waals surface area contributed by atoms with Gasteiger partial charge in [-0.1, -0.05) is 12.8 Å². The summed E-state index contributed by atoms with van der Waals surface area (Å²) in [7, 11) is -2.95. The molecule has 0 radical (unpaired) electrons. The molecule has 0 aromatic rings. The van der Waals surface area contributed by atoms with Gasteiger partial charge in [-0.3, -0.25) is 0 Å². The molecule has 1 saturated heterocycles. The first-order chi connectivity index (χ1) is 8.66. The molecule has 18 heavy (non-hydrogen) atoms. The van der Waals surface area contributed by atoms with Crippen molar-refractivity contribution in [3.8, 4) is 0 Å². The molecule has 106 valence electrons. The van der Waals surface area contributed by atoms with Gasteiger partial charge in [-0.15, -0.1) is 0 Å². The van der Waals surface area contributed by atoms with Crippen LogP contribution in [-0.2, 0) is 14.6 Å². The van der Waals surface area contributed by atoms with E-state index < -0.39 is 9.84 Å². The summed E-state index contributed by atoms with van der Waals surface area (Å²) >= 11 is 0. The monoisotopic (exact) mass is 275 g/mol. The minimum absolute atomic E-state index is 0.0511. The van der Waals surface area contributed by atoms with Crippen molar-refractivity contribution in [1.82, 2.24) is 5.32 Å². The van der Waals surface area contributed by atoms with Crippen LogP contribution >= 0.6 is 0 Å². The fourth-order valence-electron chi connectivity index (χ4n) is 2.89. The molecule has 2 rings (SSSR count). The van der Waals surface area contributed by atoms with Gasteiger partial charge < -0.3 is 10.1 Å². The van der Waals surface area contributed by atoms with Gasteiger partial charge in [-0.2, -0.15) is 0 Å². The average molecular weight is 275 g/mol. The zero-order valence-corrected chi connectivity index (χ0v) is 11.9. The fraction of sp³-hybridized carbons (Fsp3) is 1.00. The Hall–Kier alpha value is -0.130. The van der Waals surface area contributed by atoms with Crippen molar-refractivity contribution < 1.29 is 13.2 Å². The molecule has 1 aliphatic carbocycles. The molecule has 1 heterocycles. The van der Waals surface area contributed by atoms with Crippen LogP contribution in [0.4, 0.5) is 0 Å². The molecule has 2 fully saturated rings. The fourth-order valence-corrected chi connectivity index (χ4v) is 4.34. The van der Waals surface area contributed by atoms with Gasteiger partial charge in [-0.25, -0.2) is 8.42 Å². The Morgan fingerprint density at radius 1 is 1.11 bits per heavy atom. The third-order valence-corrected chi connectivity index (χ3v) is 5.67. The lowest BCUT2D eigenvalue weighted by molar-refractivity contribution is 0.127. The smallest absolute Gasteiger partial charge is 0.154 e. The van der Waals surface area contributed by atoms with Crippen LogP contribution in [0.3, 0.4) is 0 Å². The normalized spacial score (nSPS) is 25.9. The van der Waals surface area contributed by atoms with E-state index in [-0.39, 0.29) is 17.6 Å². The van der Waals surface area contributed by atoms with Crippen LogP contribution in [0, 0.1) is 5.92 Å².